The number of anilines is 3. The van der Waals surface area contributed by atoms with Gasteiger partial charge in [0.15, 0.2) is 5.82 Å². The molecule has 1 N–H and O–H groups in total. The van der Waals surface area contributed by atoms with Gasteiger partial charge in [0.2, 0.25) is 5.95 Å². The summed E-state index contributed by atoms with van der Waals surface area (Å²) in [5, 5.41) is 11.2. The maximum absolute atomic E-state index is 13.0. The highest BCUT2D eigenvalue weighted by Crippen LogP contribution is 2.19. The second kappa shape index (κ2) is 8.57. The number of benzene rings is 1. The van der Waals surface area contributed by atoms with E-state index >= 15 is 0 Å². The summed E-state index contributed by atoms with van der Waals surface area (Å²) in [6.45, 7) is 4.82. The second-order valence-electron chi connectivity index (χ2n) is 5.86. The van der Waals surface area contributed by atoms with E-state index in [1.165, 1.54) is 12.1 Å². The normalized spacial score (nSPS) is 14.6. The minimum absolute atomic E-state index is 0.208. The van der Waals surface area contributed by atoms with E-state index < -0.39 is 0 Å². The van der Waals surface area contributed by atoms with E-state index in [1.54, 1.807) is 13.3 Å². The van der Waals surface area contributed by atoms with Gasteiger partial charge < -0.3 is 19.9 Å². The maximum atomic E-state index is 13.0. The average Bonchev–Trinajstić information content (AvgIpc) is 2.66. The Morgan fingerprint density at radius 3 is 2.56 bits per heavy atom. The molecule has 1 aliphatic rings. The van der Waals surface area contributed by atoms with Crippen molar-refractivity contribution in [3.63, 3.8) is 0 Å². The fraction of sp³-hybridized carbons (Fsp3) is 0.471. The van der Waals surface area contributed by atoms with Gasteiger partial charge in [0.1, 0.15) is 5.82 Å². The van der Waals surface area contributed by atoms with Crippen molar-refractivity contribution in [2.24, 2.45) is 0 Å². The molecule has 0 amide bonds. The Morgan fingerprint density at radius 2 is 1.84 bits per heavy atom. The quantitative estimate of drug-likeness (QED) is 0.767. The van der Waals surface area contributed by atoms with E-state index in [0.29, 0.717) is 12.6 Å². The van der Waals surface area contributed by atoms with Gasteiger partial charge in [-0.3, -0.25) is 0 Å². The molecule has 8 heteroatoms. The van der Waals surface area contributed by atoms with Gasteiger partial charge in [-0.1, -0.05) is 0 Å². The second-order valence-corrected chi connectivity index (χ2v) is 5.86. The first-order chi connectivity index (χ1) is 12.3. The lowest BCUT2D eigenvalue weighted by Crippen LogP contribution is -2.47. The summed E-state index contributed by atoms with van der Waals surface area (Å²) in [5.41, 5.74) is 1.04. The zero-order valence-electron chi connectivity index (χ0n) is 14.4. The molecular weight excluding hydrogens is 323 g/mol. The molecule has 0 unspecified atom stereocenters. The van der Waals surface area contributed by atoms with E-state index in [9.17, 15) is 4.39 Å². The van der Waals surface area contributed by atoms with Gasteiger partial charge in [-0.15, -0.1) is 5.10 Å². The van der Waals surface area contributed by atoms with Crippen molar-refractivity contribution >= 4 is 17.5 Å². The molecule has 1 fully saturated rings. The van der Waals surface area contributed by atoms with Crippen LogP contribution in [0.25, 0.3) is 0 Å². The first-order valence-corrected chi connectivity index (χ1v) is 8.44. The molecule has 2 heterocycles. The zero-order valence-corrected chi connectivity index (χ0v) is 14.4. The maximum Gasteiger partial charge on any atom is 0.244 e. The summed E-state index contributed by atoms with van der Waals surface area (Å²) in [5.74, 6) is 1.15. The Labute approximate surface area is 146 Å². The van der Waals surface area contributed by atoms with E-state index in [1.807, 2.05) is 12.1 Å². The van der Waals surface area contributed by atoms with Crippen molar-refractivity contribution in [2.45, 2.75) is 6.42 Å². The van der Waals surface area contributed by atoms with Crippen LogP contribution >= 0.6 is 0 Å². The lowest BCUT2D eigenvalue weighted by atomic mass is 10.2. The number of methoxy groups -OCH3 is 1. The van der Waals surface area contributed by atoms with Gasteiger partial charge >= 0.3 is 0 Å². The molecule has 3 rings (SSSR count). The molecule has 0 saturated carbocycles. The molecule has 1 aliphatic heterocycles. The summed E-state index contributed by atoms with van der Waals surface area (Å²) >= 11 is 0. The van der Waals surface area contributed by atoms with Crippen LogP contribution in [0, 0.1) is 5.82 Å². The summed E-state index contributed by atoms with van der Waals surface area (Å²) in [6.07, 6.45) is 2.58. The highest BCUT2D eigenvalue weighted by Gasteiger charge is 2.19. The number of nitrogens with zero attached hydrogens (tertiary/aromatic N) is 5. The van der Waals surface area contributed by atoms with Gasteiger partial charge in [0.05, 0.1) is 6.20 Å². The molecule has 134 valence electrons. The smallest absolute Gasteiger partial charge is 0.244 e. The van der Waals surface area contributed by atoms with Crippen molar-refractivity contribution in [1.29, 1.82) is 0 Å². The van der Waals surface area contributed by atoms with E-state index in [0.717, 1.165) is 50.6 Å². The predicted molar refractivity (Wildman–Crippen MR) is 95.6 cm³/mol. The van der Waals surface area contributed by atoms with E-state index in [2.05, 4.69) is 30.3 Å². The van der Waals surface area contributed by atoms with E-state index in [4.69, 9.17) is 4.74 Å². The third-order valence-electron chi connectivity index (χ3n) is 4.15. The SMILES string of the molecule is COCCCNc1nncc(N2CCN(c3ccc(F)cc3)CC2)n1. The molecule has 0 radical (unpaired) electrons. The molecule has 7 nitrogen and oxygen atoms in total. The van der Waals surface area contributed by atoms with Crippen LogP contribution in [-0.2, 0) is 4.74 Å². The lowest BCUT2D eigenvalue weighted by Gasteiger charge is -2.36. The Bertz CT molecular complexity index is 660. The fourth-order valence-corrected chi connectivity index (χ4v) is 2.78. The molecule has 1 aromatic carbocycles. The van der Waals surface area contributed by atoms with Crippen LogP contribution in [0.1, 0.15) is 6.42 Å². The van der Waals surface area contributed by atoms with Gasteiger partial charge in [0.25, 0.3) is 0 Å². The van der Waals surface area contributed by atoms with Crippen LogP contribution in [0.4, 0.5) is 21.8 Å². The molecule has 0 bridgehead atoms. The fourth-order valence-electron chi connectivity index (χ4n) is 2.78. The Hall–Kier alpha value is -2.48. The number of nitrogens with one attached hydrogen (secondary N) is 1. The van der Waals surface area contributed by atoms with Crippen LogP contribution in [0.5, 0.6) is 0 Å². The van der Waals surface area contributed by atoms with Crippen molar-refractivity contribution in [3.8, 4) is 0 Å². The number of aromatic nitrogens is 3. The monoisotopic (exact) mass is 346 g/mol. The molecule has 1 saturated heterocycles. The van der Waals surface area contributed by atoms with Crippen LogP contribution < -0.4 is 15.1 Å². The number of hydrogen-bond acceptors (Lipinski definition) is 7. The van der Waals surface area contributed by atoms with Crippen molar-refractivity contribution in [3.05, 3.63) is 36.3 Å². The molecule has 0 spiro atoms. The average molecular weight is 346 g/mol. The largest absolute Gasteiger partial charge is 0.385 e. The molecule has 25 heavy (non-hydrogen) atoms. The lowest BCUT2D eigenvalue weighted by molar-refractivity contribution is 0.197. The molecule has 1 aromatic heterocycles. The number of hydrogen-bond donors (Lipinski definition) is 1. The summed E-state index contributed by atoms with van der Waals surface area (Å²) < 4.78 is 18.1. The highest BCUT2D eigenvalue weighted by atomic mass is 19.1. The van der Waals surface area contributed by atoms with Gasteiger partial charge in [0, 0.05) is 52.1 Å². The van der Waals surface area contributed by atoms with Gasteiger partial charge in [-0.2, -0.15) is 10.1 Å². The molecule has 0 aliphatic carbocycles. The van der Waals surface area contributed by atoms with Gasteiger partial charge in [-0.25, -0.2) is 4.39 Å². The van der Waals surface area contributed by atoms with Crippen molar-refractivity contribution in [2.75, 3.05) is 61.6 Å². The first kappa shape index (κ1) is 17.3. The van der Waals surface area contributed by atoms with Crippen LogP contribution in [0.3, 0.4) is 0 Å². The molecule has 2 aromatic rings. The summed E-state index contributed by atoms with van der Waals surface area (Å²) in [7, 11) is 1.68. The zero-order chi connectivity index (χ0) is 17.5. The summed E-state index contributed by atoms with van der Waals surface area (Å²) in [4.78, 5) is 8.97. The Balaban J connectivity index is 1.54. The van der Waals surface area contributed by atoms with Crippen LogP contribution in [0.15, 0.2) is 30.5 Å². The number of piperazine rings is 1. The number of ether oxygens (including phenoxy) is 1. The third-order valence-corrected chi connectivity index (χ3v) is 4.15. The van der Waals surface area contributed by atoms with Crippen molar-refractivity contribution < 1.29 is 9.13 Å². The van der Waals surface area contributed by atoms with Crippen LogP contribution in [0.2, 0.25) is 0 Å². The third kappa shape index (κ3) is 4.76. The minimum Gasteiger partial charge on any atom is -0.385 e. The van der Waals surface area contributed by atoms with Gasteiger partial charge in [-0.05, 0) is 30.7 Å². The van der Waals surface area contributed by atoms with Crippen molar-refractivity contribution in [1.82, 2.24) is 15.2 Å². The standard InChI is InChI=1S/C17H23FN6O/c1-25-12-2-7-19-17-21-16(13-20-22-17)24-10-8-23(9-11-24)15-5-3-14(18)4-6-15/h3-6,13H,2,7-12H2,1H3,(H,19,21,22). The summed E-state index contributed by atoms with van der Waals surface area (Å²) in [6, 6.07) is 6.63. The predicted octanol–water partition coefficient (Wildman–Crippen LogP) is 1.79. The Kier molecular flexibility index (Phi) is 5.95. The minimum atomic E-state index is -0.208. The number of rotatable bonds is 7. The first-order valence-electron chi connectivity index (χ1n) is 8.44. The van der Waals surface area contributed by atoms with E-state index in [-0.39, 0.29) is 5.82 Å². The topological polar surface area (TPSA) is 66.4 Å². The molecular formula is C17H23FN6O. The Morgan fingerprint density at radius 1 is 1.12 bits per heavy atom. The van der Waals surface area contributed by atoms with Crippen LogP contribution in [-0.4, -0.2) is 61.6 Å². The number of halogens is 1. The highest BCUT2D eigenvalue weighted by molar-refractivity contribution is 5.49. The molecule has 0 atom stereocenters.